The van der Waals surface area contributed by atoms with E-state index in [1.54, 1.807) is 9.58 Å². The molecule has 38 heavy (non-hydrogen) atoms. The minimum Gasteiger partial charge on any atom is -0.435 e. The number of carbonyl (C=O) groups excluding carboxylic acids is 2. The van der Waals surface area contributed by atoms with Crippen LogP contribution in [-0.4, -0.2) is 57.9 Å². The van der Waals surface area contributed by atoms with Gasteiger partial charge < -0.3 is 20.3 Å². The van der Waals surface area contributed by atoms with Gasteiger partial charge in [-0.2, -0.15) is 13.9 Å². The number of aromatic nitrogens is 2. The summed E-state index contributed by atoms with van der Waals surface area (Å²) in [4.78, 5) is 27.5. The van der Waals surface area contributed by atoms with Crippen LogP contribution in [0, 0.1) is 11.7 Å². The molecule has 2 N–H and O–H groups in total. The van der Waals surface area contributed by atoms with E-state index in [0.717, 1.165) is 23.4 Å². The van der Waals surface area contributed by atoms with Crippen molar-refractivity contribution in [2.45, 2.75) is 84.5 Å². The summed E-state index contributed by atoms with van der Waals surface area (Å²) in [6, 6.07) is 3.35. The Kier molecular flexibility index (Phi) is 7.94. The Hall–Kier alpha value is -3.24. The second kappa shape index (κ2) is 10.9. The van der Waals surface area contributed by atoms with Crippen LogP contribution < -0.4 is 15.4 Å². The molecule has 0 radical (unpaired) electrons. The normalized spacial score (nSPS) is 21.2. The van der Waals surface area contributed by atoms with Crippen LogP contribution >= 0.6 is 0 Å². The molecule has 1 saturated heterocycles. The van der Waals surface area contributed by atoms with Crippen molar-refractivity contribution < 1.29 is 27.5 Å². The van der Waals surface area contributed by atoms with Gasteiger partial charge in [0.05, 0.1) is 11.2 Å². The monoisotopic (exact) mass is 535 g/mol. The smallest absolute Gasteiger partial charge is 0.387 e. The maximum atomic E-state index is 14.8. The topological polar surface area (TPSA) is 88.5 Å². The van der Waals surface area contributed by atoms with Gasteiger partial charge in [-0.3, -0.25) is 9.48 Å². The number of fused-ring (bicyclic) bond motifs is 1. The van der Waals surface area contributed by atoms with Gasteiger partial charge in [-0.1, -0.05) is 0 Å². The van der Waals surface area contributed by atoms with E-state index in [0.29, 0.717) is 44.5 Å². The number of nitrogens with one attached hydrogen (secondary N) is 2. The van der Waals surface area contributed by atoms with Gasteiger partial charge in [-0.15, -0.1) is 0 Å². The molecule has 208 valence electrons. The Labute approximate surface area is 220 Å². The van der Waals surface area contributed by atoms with E-state index in [1.807, 2.05) is 34.6 Å². The molecule has 2 aromatic rings. The van der Waals surface area contributed by atoms with Gasteiger partial charge in [-0.25, -0.2) is 9.18 Å². The quantitative estimate of drug-likeness (QED) is 0.539. The number of alkyl halides is 2. The number of hydrogen-bond acceptors (Lipinski definition) is 4. The van der Waals surface area contributed by atoms with Gasteiger partial charge in [-0.05, 0) is 72.1 Å². The number of carbonyl (C=O) groups is 2. The Morgan fingerprint density at radius 3 is 2.61 bits per heavy atom. The Balaban J connectivity index is 1.53. The van der Waals surface area contributed by atoms with Crippen LogP contribution in [0.15, 0.2) is 18.2 Å². The number of ether oxygens (including phenoxy) is 1. The average Bonchev–Trinajstić information content (AvgIpc) is 3.40. The van der Waals surface area contributed by atoms with Crippen LogP contribution in [0.5, 0.6) is 5.75 Å². The van der Waals surface area contributed by atoms with E-state index in [2.05, 4.69) is 20.5 Å². The van der Waals surface area contributed by atoms with E-state index in [1.165, 1.54) is 6.07 Å². The predicted octanol–water partition coefficient (Wildman–Crippen LogP) is 4.68. The molecular formula is C27H36F3N5O3. The van der Waals surface area contributed by atoms with Crippen molar-refractivity contribution in [2.75, 3.05) is 13.1 Å². The molecule has 3 amide bonds. The molecule has 4 rings (SSSR count). The lowest BCUT2D eigenvalue weighted by Crippen LogP contribution is -2.52. The van der Waals surface area contributed by atoms with Gasteiger partial charge in [0.2, 0.25) is 5.91 Å². The van der Waals surface area contributed by atoms with E-state index in [4.69, 9.17) is 0 Å². The summed E-state index contributed by atoms with van der Waals surface area (Å²) in [5.41, 5.74) is 1.62. The van der Waals surface area contributed by atoms with Crippen LogP contribution in [0.1, 0.15) is 64.8 Å². The Morgan fingerprint density at radius 2 is 1.95 bits per heavy atom. The van der Waals surface area contributed by atoms with Gasteiger partial charge >= 0.3 is 12.6 Å². The van der Waals surface area contributed by atoms with Gasteiger partial charge in [0.15, 0.2) is 0 Å². The van der Waals surface area contributed by atoms with E-state index in [-0.39, 0.29) is 41.3 Å². The lowest BCUT2D eigenvalue weighted by atomic mass is 9.84. The highest BCUT2D eigenvalue weighted by Crippen LogP contribution is 2.37. The van der Waals surface area contributed by atoms with E-state index in [9.17, 15) is 22.8 Å². The summed E-state index contributed by atoms with van der Waals surface area (Å²) in [7, 11) is 0. The van der Waals surface area contributed by atoms with Crippen molar-refractivity contribution in [1.29, 1.82) is 0 Å². The summed E-state index contributed by atoms with van der Waals surface area (Å²) in [5, 5.41) is 10.7. The van der Waals surface area contributed by atoms with Crippen LogP contribution in [0.3, 0.4) is 0 Å². The first-order valence-corrected chi connectivity index (χ1v) is 13.1. The maximum absolute atomic E-state index is 14.8. The second-order valence-corrected chi connectivity index (χ2v) is 11.1. The van der Waals surface area contributed by atoms with Crippen molar-refractivity contribution >= 4 is 11.9 Å². The third-order valence-corrected chi connectivity index (χ3v) is 7.18. The van der Waals surface area contributed by atoms with Gasteiger partial charge in [0.25, 0.3) is 0 Å². The fourth-order valence-electron chi connectivity index (χ4n) is 5.34. The van der Waals surface area contributed by atoms with Gasteiger partial charge in [0, 0.05) is 54.3 Å². The number of rotatable bonds is 7. The summed E-state index contributed by atoms with van der Waals surface area (Å²) < 4.78 is 46.6. The van der Waals surface area contributed by atoms with Crippen molar-refractivity contribution in [1.82, 2.24) is 25.3 Å². The molecule has 2 heterocycles. The first-order chi connectivity index (χ1) is 17.9. The lowest BCUT2D eigenvalue weighted by molar-refractivity contribution is -0.127. The van der Waals surface area contributed by atoms with Crippen LogP contribution in [0.4, 0.5) is 18.0 Å². The molecule has 1 aromatic heterocycles. The van der Waals surface area contributed by atoms with Gasteiger partial charge in [0.1, 0.15) is 11.6 Å². The first kappa shape index (κ1) is 27.8. The molecule has 1 aliphatic heterocycles. The van der Waals surface area contributed by atoms with Crippen LogP contribution in [0.2, 0.25) is 0 Å². The molecule has 1 unspecified atom stereocenters. The van der Waals surface area contributed by atoms with Crippen molar-refractivity contribution in [2.24, 2.45) is 5.92 Å². The fourth-order valence-corrected chi connectivity index (χ4v) is 5.34. The Bertz CT molecular complexity index is 1200. The molecule has 11 heteroatoms. The lowest BCUT2D eigenvalue weighted by Gasteiger charge is -2.30. The largest absolute Gasteiger partial charge is 0.435 e. The van der Waals surface area contributed by atoms with Crippen LogP contribution in [0.25, 0.3) is 11.3 Å². The number of nitrogens with zero attached hydrogens (tertiary/aromatic N) is 3. The third-order valence-electron chi connectivity index (χ3n) is 7.18. The number of benzene rings is 1. The molecule has 2 aliphatic rings. The second-order valence-electron chi connectivity index (χ2n) is 11.1. The minimum absolute atomic E-state index is 0.0314. The van der Waals surface area contributed by atoms with Crippen molar-refractivity contribution in [3.8, 4) is 17.0 Å². The van der Waals surface area contributed by atoms with E-state index >= 15 is 0 Å². The molecule has 0 bridgehead atoms. The molecule has 0 spiro atoms. The highest BCUT2D eigenvalue weighted by atomic mass is 19.3. The van der Waals surface area contributed by atoms with Crippen molar-refractivity contribution in [3.05, 3.63) is 35.3 Å². The highest BCUT2D eigenvalue weighted by Gasteiger charge is 2.40. The zero-order valence-corrected chi connectivity index (χ0v) is 22.5. The molecule has 2 atom stereocenters. The molecule has 1 aliphatic carbocycles. The summed E-state index contributed by atoms with van der Waals surface area (Å²) in [5.74, 6) is -1.11. The maximum Gasteiger partial charge on any atom is 0.387 e. The summed E-state index contributed by atoms with van der Waals surface area (Å²) >= 11 is 0. The number of urea groups is 1. The first-order valence-electron chi connectivity index (χ1n) is 13.1. The third kappa shape index (κ3) is 5.91. The number of likely N-dealkylation sites (tertiary alicyclic amines) is 1. The van der Waals surface area contributed by atoms with E-state index < -0.39 is 18.0 Å². The molecule has 8 nitrogen and oxygen atoms in total. The molecule has 1 aromatic carbocycles. The standard InChI is InChI=1S/C27H36F3N5O3/c1-15(2)31-26(37)34-11-10-27(5,14-34)32-24(36)17-6-8-19-22(12-17)35(16(3)4)33-23(19)20-13-18(38-25(29)30)7-9-21(20)28/h7,9,13,15-17,25H,6,8,10-12,14H2,1-5H3,(H,31,37)(H,32,36)/t17-,27?/m1/s1. The summed E-state index contributed by atoms with van der Waals surface area (Å²) in [6.45, 7) is 7.63. The highest BCUT2D eigenvalue weighted by molar-refractivity contribution is 5.81. The zero-order valence-electron chi connectivity index (χ0n) is 22.5. The molecule has 0 saturated carbocycles. The fraction of sp³-hybridized carbons (Fsp3) is 0.593. The van der Waals surface area contributed by atoms with Crippen LogP contribution in [-0.2, 0) is 17.6 Å². The average molecular weight is 536 g/mol. The summed E-state index contributed by atoms with van der Waals surface area (Å²) in [6.07, 6.45) is 2.12. The zero-order chi connectivity index (χ0) is 27.8. The molecule has 1 fully saturated rings. The predicted molar refractivity (Wildman–Crippen MR) is 137 cm³/mol. The minimum atomic E-state index is -3.02. The molecular weight excluding hydrogens is 499 g/mol. The number of amides is 3. The van der Waals surface area contributed by atoms with Crippen molar-refractivity contribution in [3.63, 3.8) is 0 Å². The SMILES string of the molecule is CC(C)NC(=O)N1CCC(C)(NC(=O)[C@@H]2CCc3c(-c4cc(OC(F)F)ccc4F)nn(C(C)C)c3C2)C1. The Morgan fingerprint density at radius 1 is 1.21 bits per heavy atom. The number of hydrogen-bond donors (Lipinski definition) is 2. The number of halogens is 3.